The van der Waals surface area contributed by atoms with Gasteiger partial charge in [0.25, 0.3) is 0 Å². The second-order valence-electron chi connectivity index (χ2n) is 4.41. The maximum Gasteiger partial charge on any atom is 0.326 e. The van der Waals surface area contributed by atoms with Crippen LogP contribution in [-0.4, -0.2) is 22.5 Å². The lowest BCUT2D eigenvalue weighted by molar-refractivity contribution is -0.132. The zero-order valence-electron chi connectivity index (χ0n) is 11.2. The molecule has 5 nitrogen and oxygen atoms in total. The minimum absolute atomic E-state index is 0.195. The number of aromatic nitrogens is 2. The minimum atomic E-state index is -0.530. The van der Waals surface area contributed by atoms with Crippen LogP contribution in [0.25, 0.3) is 22.3 Å². The summed E-state index contributed by atoms with van der Waals surface area (Å²) < 4.78 is 5.22. The van der Waals surface area contributed by atoms with E-state index in [1.54, 1.807) is 0 Å². The Morgan fingerprint density at radius 2 is 1.71 bits per heavy atom. The molecule has 0 atom stereocenters. The molecule has 0 aliphatic carbocycles. The van der Waals surface area contributed by atoms with E-state index >= 15 is 0 Å². The predicted octanol–water partition coefficient (Wildman–Crippen LogP) is 2.16. The SMILES string of the molecule is NCC(=O)Oc1nc(-c2ccccc2)nc2ccccc12. The second kappa shape index (κ2) is 5.68. The van der Waals surface area contributed by atoms with Crippen molar-refractivity contribution in [3.8, 4) is 17.3 Å². The van der Waals surface area contributed by atoms with E-state index < -0.39 is 5.97 Å². The number of hydrogen-bond acceptors (Lipinski definition) is 5. The fourth-order valence-electron chi connectivity index (χ4n) is 1.99. The molecule has 5 heteroatoms. The summed E-state index contributed by atoms with van der Waals surface area (Å²) in [5, 5.41) is 0.680. The highest BCUT2D eigenvalue weighted by atomic mass is 16.5. The average Bonchev–Trinajstić information content (AvgIpc) is 2.55. The molecular formula is C16H13N3O2. The van der Waals surface area contributed by atoms with Crippen LogP contribution in [-0.2, 0) is 4.79 Å². The molecule has 104 valence electrons. The number of rotatable bonds is 3. The van der Waals surface area contributed by atoms with Crippen LogP contribution in [0.3, 0.4) is 0 Å². The topological polar surface area (TPSA) is 78.1 Å². The zero-order valence-corrected chi connectivity index (χ0v) is 11.2. The molecule has 0 fully saturated rings. The molecule has 0 unspecified atom stereocenters. The standard InChI is InChI=1S/C16H13N3O2/c17-10-14(20)21-16-12-8-4-5-9-13(12)18-15(19-16)11-6-2-1-3-7-11/h1-9H,10,17H2. The van der Waals surface area contributed by atoms with Crippen LogP contribution >= 0.6 is 0 Å². The first-order valence-electron chi connectivity index (χ1n) is 6.51. The molecule has 0 aliphatic rings. The van der Waals surface area contributed by atoms with Crippen molar-refractivity contribution in [2.45, 2.75) is 0 Å². The Labute approximate surface area is 121 Å². The van der Waals surface area contributed by atoms with Gasteiger partial charge in [-0.3, -0.25) is 4.79 Å². The highest BCUT2D eigenvalue weighted by Gasteiger charge is 2.12. The number of nitrogens with zero attached hydrogens (tertiary/aromatic N) is 2. The number of fused-ring (bicyclic) bond motifs is 1. The lowest BCUT2D eigenvalue weighted by atomic mass is 10.2. The summed E-state index contributed by atoms with van der Waals surface area (Å²) in [6.45, 7) is -0.195. The molecule has 3 rings (SSSR count). The van der Waals surface area contributed by atoms with Crippen LogP contribution in [0, 0.1) is 0 Å². The molecule has 2 N–H and O–H groups in total. The Balaban J connectivity index is 2.17. The molecule has 2 aromatic carbocycles. The van der Waals surface area contributed by atoms with Gasteiger partial charge in [0.2, 0.25) is 5.88 Å². The van der Waals surface area contributed by atoms with Gasteiger partial charge < -0.3 is 10.5 Å². The van der Waals surface area contributed by atoms with Gasteiger partial charge in [-0.05, 0) is 12.1 Å². The first kappa shape index (κ1) is 13.2. The van der Waals surface area contributed by atoms with Gasteiger partial charge >= 0.3 is 5.97 Å². The summed E-state index contributed by atoms with van der Waals surface area (Å²) in [6.07, 6.45) is 0. The lowest BCUT2D eigenvalue weighted by Crippen LogP contribution is -2.20. The Hall–Kier alpha value is -2.79. The number of benzene rings is 2. The Morgan fingerprint density at radius 3 is 2.48 bits per heavy atom. The summed E-state index contributed by atoms with van der Waals surface area (Å²) >= 11 is 0. The van der Waals surface area contributed by atoms with Gasteiger partial charge in [-0.1, -0.05) is 42.5 Å². The van der Waals surface area contributed by atoms with E-state index in [2.05, 4.69) is 9.97 Å². The first-order chi connectivity index (χ1) is 10.3. The molecule has 0 aliphatic heterocycles. The zero-order chi connectivity index (χ0) is 14.7. The molecule has 1 heterocycles. The summed E-state index contributed by atoms with van der Waals surface area (Å²) in [5.74, 6) is 0.210. The molecular weight excluding hydrogens is 266 g/mol. The monoisotopic (exact) mass is 279 g/mol. The molecule has 21 heavy (non-hydrogen) atoms. The Morgan fingerprint density at radius 1 is 1.00 bits per heavy atom. The number of hydrogen-bond donors (Lipinski definition) is 1. The van der Waals surface area contributed by atoms with Crippen molar-refractivity contribution in [2.24, 2.45) is 5.73 Å². The van der Waals surface area contributed by atoms with E-state index in [0.717, 1.165) is 5.56 Å². The van der Waals surface area contributed by atoms with Crippen molar-refractivity contribution in [3.05, 3.63) is 54.6 Å². The van der Waals surface area contributed by atoms with Crippen molar-refractivity contribution < 1.29 is 9.53 Å². The minimum Gasteiger partial charge on any atom is -0.406 e. The quantitative estimate of drug-likeness (QED) is 0.743. The third-order valence-electron chi connectivity index (χ3n) is 2.98. The molecule has 0 spiro atoms. The summed E-state index contributed by atoms with van der Waals surface area (Å²) in [4.78, 5) is 20.3. The van der Waals surface area contributed by atoms with E-state index in [1.807, 2.05) is 54.6 Å². The maximum absolute atomic E-state index is 11.5. The fraction of sp³-hybridized carbons (Fsp3) is 0.0625. The molecule has 0 bridgehead atoms. The smallest absolute Gasteiger partial charge is 0.326 e. The van der Waals surface area contributed by atoms with Crippen LogP contribution in [0.1, 0.15) is 0 Å². The normalized spacial score (nSPS) is 10.5. The van der Waals surface area contributed by atoms with Gasteiger partial charge in [0.05, 0.1) is 17.4 Å². The largest absolute Gasteiger partial charge is 0.406 e. The predicted molar refractivity (Wildman–Crippen MR) is 79.7 cm³/mol. The van der Waals surface area contributed by atoms with Gasteiger partial charge in [-0.15, -0.1) is 0 Å². The van der Waals surface area contributed by atoms with Crippen LogP contribution in [0.4, 0.5) is 0 Å². The van der Waals surface area contributed by atoms with Gasteiger partial charge in [-0.25, -0.2) is 4.98 Å². The van der Waals surface area contributed by atoms with Crippen LogP contribution < -0.4 is 10.5 Å². The van der Waals surface area contributed by atoms with Crippen molar-refractivity contribution in [3.63, 3.8) is 0 Å². The summed E-state index contributed by atoms with van der Waals surface area (Å²) in [7, 11) is 0. The third kappa shape index (κ3) is 2.73. The van der Waals surface area contributed by atoms with Crippen LogP contribution in [0.2, 0.25) is 0 Å². The maximum atomic E-state index is 11.5. The summed E-state index contributed by atoms with van der Waals surface area (Å²) in [6, 6.07) is 16.9. The lowest BCUT2D eigenvalue weighted by Gasteiger charge is -2.08. The fourth-order valence-corrected chi connectivity index (χ4v) is 1.99. The highest BCUT2D eigenvalue weighted by molar-refractivity contribution is 5.87. The van der Waals surface area contributed by atoms with Crippen molar-refractivity contribution in [1.82, 2.24) is 9.97 Å². The molecule has 0 amide bonds. The van der Waals surface area contributed by atoms with Gasteiger partial charge in [0, 0.05) is 5.56 Å². The van der Waals surface area contributed by atoms with Crippen molar-refractivity contribution >= 4 is 16.9 Å². The average molecular weight is 279 g/mol. The molecule has 0 radical (unpaired) electrons. The molecule has 0 saturated carbocycles. The number of carbonyl (C=O) groups is 1. The van der Waals surface area contributed by atoms with E-state index in [-0.39, 0.29) is 12.4 Å². The number of ether oxygens (including phenoxy) is 1. The van der Waals surface area contributed by atoms with Crippen LogP contribution in [0.15, 0.2) is 54.6 Å². The van der Waals surface area contributed by atoms with Crippen molar-refractivity contribution in [1.29, 1.82) is 0 Å². The number of nitrogens with two attached hydrogens (primary N) is 1. The molecule has 0 saturated heterocycles. The first-order valence-corrected chi connectivity index (χ1v) is 6.51. The number of esters is 1. The Kier molecular flexibility index (Phi) is 3.57. The van der Waals surface area contributed by atoms with E-state index in [1.165, 1.54) is 0 Å². The molecule has 1 aromatic heterocycles. The number of carbonyl (C=O) groups excluding carboxylic acids is 1. The summed E-state index contributed by atoms with van der Waals surface area (Å²) in [5.41, 5.74) is 6.86. The van der Waals surface area contributed by atoms with Gasteiger partial charge in [0.15, 0.2) is 5.82 Å². The highest BCUT2D eigenvalue weighted by Crippen LogP contribution is 2.26. The Bertz CT molecular complexity index is 788. The van der Waals surface area contributed by atoms with Gasteiger partial charge in [0.1, 0.15) is 0 Å². The number of para-hydroxylation sites is 1. The van der Waals surface area contributed by atoms with Crippen LogP contribution in [0.5, 0.6) is 5.88 Å². The second-order valence-corrected chi connectivity index (χ2v) is 4.41. The van der Waals surface area contributed by atoms with E-state index in [4.69, 9.17) is 10.5 Å². The van der Waals surface area contributed by atoms with E-state index in [0.29, 0.717) is 16.7 Å². The third-order valence-corrected chi connectivity index (χ3v) is 2.98. The van der Waals surface area contributed by atoms with E-state index in [9.17, 15) is 4.79 Å². The van der Waals surface area contributed by atoms with Crippen molar-refractivity contribution in [2.75, 3.05) is 6.54 Å². The van der Waals surface area contributed by atoms with Gasteiger partial charge in [-0.2, -0.15) is 4.98 Å². The molecule has 3 aromatic rings.